The van der Waals surface area contributed by atoms with Gasteiger partial charge in [-0.05, 0) is 31.2 Å². The molecule has 0 bridgehead atoms. The fourth-order valence-electron chi connectivity index (χ4n) is 3.80. The summed E-state index contributed by atoms with van der Waals surface area (Å²) in [5.74, 6) is 0.184. The van der Waals surface area contributed by atoms with E-state index in [4.69, 9.17) is 10.5 Å². The monoisotopic (exact) mass is 352 g/mol. The fraction of sp³-hybridized carbons (Fsp3) is 0.632. The van der Waals surface area contributed by atoms with E-state index in [2.05, 4.69) is 4.90 Å². The Morgan fingerprint density at radius 2 is 1.88 bits per heavy atom. The minimum absolute atomic E-state index is 0. The highest BCUT2D eigenvalue weighted by molar-refractivity contribution is 5.85. The van der Waals surface area contributed by atoms with Crippen LogP contribution in [0.4, 0.5) is 0 Å². The third kappa shape index (κ3) is 4.95. The van der Waals surface area contributed by atoms with Crippen molar-refractivity contribution in [3.63, 3.8) is 0 Å². The fourth-order valence-corrected chi connectivity index (χ4v) is 3.80. The number of rotatable bonds is 6. The first-order valence-electron chi connectivity index (χ1n) is 8.95. The highest BCUT2D eigenvalue weighted by Crippen LogP contribution is 2.27. The Morgan fingerprint density at radius 1 is 1.17 bits per heavy atom. The average Bonchev–Trinajstić information content (AvgIpc) is 3.27. The summed E-state index contributed by atoms with van der Waals surface area (Å²) in [4.78, 5) is 15.0. The van der Waals surface area contributed by atoms with Crippen LogP contribution in [-0.4, -0.2) is 36.1 Å². The summed E-state index contributed by atoms with van der Waals surface area (Å²) >= 11 is 0. The predicted molar refractivity (Wildman–Crippen MR) is 98.2 cm³/mol. The largest absolute Gasteiger partial charge is 0.376 e. The van der Waals surface area contributed by atoms with E-state index in [0.29, 0.717) is 12.5 Å². The third-order valence-corrected chi connectivity index (χ3v) is 5.13. The van der Waals surface area contributed by atoms with E-state index in [0.717, 1.165) is 44.4 Å². The molecule has 2 N–H and O–H groups in total. The molecule has 3 rings (SSSR count). The quantitative estimate of drug-likeness (QED) is 0.853. The number of carbonyl (C=O) groups is 1. The van der Waals surface area contributed by atoms with Crippen LogP contribution in [0.5, 0.6) is 0 Å². The van der Waals surface area contributed by atoms with Crippen LogP contribution in [0.3, 0.4) is 0 Å². The minimum atomic E-state index is -0.225. The van der Waals surface area contributed by atoms with E-state index in [-0.39, 0.29) is 30.5 Å². The molecule has 1 aliphatic carbocycles. The molecule has 1 aliphatic heterocycles. The van der Waals surface area contributed by atoms with E-state index in [1.165, 1.54) is 12.8 Å². The van der Waals surface area contributed by atoms with Crippen LogP contribution in [0.2, 0.25) is 0 Å². The van der Waals surface area contributed by atoms with Gasteiger partial charge in [0.25, 0.3) is 0 Å². The molecule has 1 aromatic carbocycles. The number of carbonyl (C=O) groups excluding carboxylic acids is 1. The number of nitrogens with zero attached hydrogens (tertiary/aromatic N) is 1. The summed E-state index contributed by atoms with van der Waals surface area (Å²) < 4.78 is 5.76. The van der Waals surface area contributed by atoms with Gasteiger partial charge in [-0.15, -0.1) is 12.4 Å². The second-order valence-electron chi connectivity index (χ2n) is 6.84. The lowest BCUT2D eigenvalue weighted by Gasteiger charge is -2.32. The molecule has 2 aliphatic rings. The van der Waals surface area contributed by atoms with Crippen molar-refractivity contribution >= 4 is 18.3 Å². The van der Waals surface area contributed by atoms with Gasteiger partial charge < -0.3 is 15.4 Å². The average molecular weight is 353 g/mol. The molecule has 134 valence electrons. The number of hydrogen-bond acceptors (Lipinski definition) is 3. The van der Waals surface area contributed by atoms with Crippen LogP contribution in [-0.2, 0) is 9.53 Å². The Hall–Kier alpha value is -1.10. The van der Waals surface area contributed by atoms with Gasteiger partial charge in [-0.2, -0.15) is 0 Å². The Morgan fingerprint density at radius 3 is 2.50 bits per heavy atom. The van der Waals surface area contributed by atoms with Gasteiger partial charge in [0.05, 0.1) is 6.10 Å². The van der Waals surface area contributed by atoms with Gasteiger partial charge in [0.2, 0.25) is 5.91 Å². The van der Waals surface area contributed by atoms with Crippen molar-refractivity contribution in [2.24, 2.45) is 5.73 Å². The highest BCUT2D eigenvalue weighted by Gasteiger charge is 2.30. The Bertz CT molecular complexity index is 499. The summed E-state index contributed by atoms with van der Waals surface area (Å²) in [6, 6.07) is 10.1. The minimum Gasteiger partial charge on any atom is -0.376 e. The molecule has 2 unspecified atom stereocenters. The molecule has 1 heterocycles. The second-order valence-corrected chi connectivity index (χ2v) is 6.84. The summed E-state index contributed by atoms with van der Waals surface area (Å²) in [6.07, 6.45) is 7.48. The molecule has 1 saturated carbocycles. The van der Waals surface area contributed by atoms with E-state index in [1.807, 2.05) is 30.3 Å². The first-order valence-corrected chi connectivity index (χ1v) is 8.95. The SMILES string of the molecule is Cl.NC(CC(=O)N(CC1CCCO1)C1CCCC1)c1ccccc1. The smallest absolute Gasteiger partial charge is 0.224 e. The molecule has 24 heavy (non-hydrogen) atoms. The van der Waals surface area contributed by atoms with E-state index < -0.39 is 0 Å². The lowest BCUT2D eigenvalue weighted by atomic mass is 10.0. The van der Waals surface area contributed by atoms with E-state index in [9.17, 15) is 4.79 Å². The summed E-state index contributed by atoms with van der Waals surface area (Å²) in [6.45, 7) is 1.58. The van der Waals surface area contributed by atoms with Gasteiger partial charge in [0.15, 0.2) is 0 Å². The van der Waals surface area contributed by atoms with Crippen LogP contribution >= 0.6 is 12.4 Å². The molecular formula is C19H29ClN2O2. The number of ether oxygens (including phenoxy) is 1. The predicted octanol–water partition coefficient (Wildman–Crippen LogP) is 3.45. The molecule has 2 fully saturated rings. The zero-order valence-electron chi connectivity index (χ0n) is 14.2. The summed E-state index contributed by atoms with van der Waals surface area (Å²) in [5, 5.41) is 0. The van der Waals surface area contributed by atoms with E-state index in [1.54, 1.807) is 0 Å². The molecule has 1 amide bonds. The van der Waals surface area contributed by atoms with Crippen LogP contribution in [0.15, 0.2) is 30.3 Å². The van der Waals surface area contributed by atoms with Crippen molar-refractivity contribution in [2.75, 3.05) is 13.2 Å². The highest BCUT2D eigenvalue weighted by atomic mass is 35.5. The first kappa shape index (κ1) is 19.2. The molecular weight excluding hydrogens is 324 g/mol. The number of amides is 1. The van der Waals surface area contributed by atoms with Gasteiger partial charge in [-0.25, -0.2) is 0 Å². The van der Waals surface area contributed by atoms with Crippen molar-refractivity contribution < 1.29 is 9.53 Å². The molecule has 5 heteroatoms. The molecule has 0 spiro atoms. The Labute approximate surface area is 151 Å². The van der Waals surface area contributed by atoms with Gasteiger partial charge in [-0.3, -0.25) is 4.79 Å². The van der Waals surface area contributed by atoms with Crippen LogP contribution in [0.1, 0.15) is 56.6 Å². The van der Waals surface area contributed by atoms with Crippen LogP contribution in [0.25, 0.3) is 0 Å². The Kier molecular flexibility index (Phi) is 7.53. The molecule has 1 aromatic rings. The second kappa shape index (κ2) is 9.40. The first-order chi connectivity index (χ1) is 11.2. The Balaban J connectivity index is 0.00000208. The third-order valence-electron chi connectivity index (χ3n) is 5.13. The van der Waals surface area contributed by atoms with E-state index >= 15 is 0 Å². The maximum Gasteiger partial charge on any atom is 0.224 e. The van der Waals surface area contributed by atoms with Crippen molar-refractivity contribution in [3.05, 3.63) is 35.9 Å². The molecule has 1 saturated heterocycles. The normalized spacial score (nSPS) is 22.1. The van der Waals surface area contributed by atoms with Crippen LogP contribution < -0.4 is 5.73 Å². The van der Waals surface area contributed by atoms with Gasteiger partial charge >= 0.3 is 0 Å². The maximum atomic E-state index is 12.9. The van der Waals surface area contributed by atoms with Gasteiger partial charge in [-0.1, -0.05) is 43.2 Å². The van der Waals surface area contributed by atoms with Crippen molar-refractivity contribution in [3.8, 4) is 0 Å². The zero-order valence-corrected chi connectivity index (χ0v) is 15.0. The summed E-state index contributed by atoms with van der Waals surface area (Å²) in [7, 11) is 0. The summed E-state index contributed by atoms with van der Waals surface area (Å²) in [5.41, 5.74) is 7.29. The number of nitrogens with two attached hydrogens (primary N) is 1. The molecule has 4 nitrogen and oxygen atoms in total. The lowest BCUT2D eigenvalue weighted by molar-refractivity contribution is -0.135. The van der Waals surface area contributed by atoms with Crippen molar-refractivity contribution in [1.29, 1.82) is 0 Å². The van der Waals surface area contributed by atoms with Crippen molar-refractivity contribution in [2.45, 2.75) is 63.1 Å². The van der Waals surface area contributed by atoms with Gasteiger partial charge in [0.1, 0.15) is 0 Å². The maximum absolute atomic E-state index is 12.9. The van der Waals surface area contributed by atoms with Crippen LogP contribution in [0, 0.1) is 0 Å². The molecule has 2 atom stereocenters. The van der Waals surface area contributed by atoms with Gasteiger partial charge in [0, 0.05) is 31.7 Å². The molecule has 0 radical (unpaired) electrons. The van der Waals surface area contributed by atoms with Crippen molar-refractivity contribution in [1.82, 2.24) is 4.90 Å². The standard InChI is InChI=1S/C19H28N2O2.ClH/c20-18(15-7-2-1-3-8-15)13-19(22)21(16-9-4-5-10-16)14-17-11-6-12-23-17;/h1-3,7-8,16-18H,4-6,9-14,20H2;1H. The number of halogens is 1. The molecule has 0 aromatic heterocycles. The zero-order chi connectivity index (χ0) is 16.1. The topological polar surface area (TPSA) is 55.6 Å². The lowest BCUT2D eigenvalue weighted by Crippen LogP contribution is -2.44. The number of benzene rings is 1. The number of hydrogen-bond donors (Lipinski definition) is 1.